The molecule has 1 aromatic heterocycles. The lowest BCUT2D eigenvalue weighted by Crippen LogP contribution is -2.07. The van der Waals surface area contributed by atoms with Gasteiger partial charge in [-0.1, -0.05) is 17.7 Å². The summed E-state index contributed by atoms with van der Waals surface area (Å²) in [6.45, 7) is 4.36. The van der Waals surface area contributed by atoms with E-state index in [9.17, 15) is 9.90 Å². The van der Waals surface area contributed by atoms with Crippen molar-refractivity contribution in [3.8, 4) is 0 Å². The third-order valence-corrected chi connectivity index (χ3v) is 2.86. The molecule has 0 amide bonds. The molecule has 2 aromatic rings. The summed E-state index contributed by atoms with van der Waals surface area (Å²) in [5.74, 6) is -0.923. The van der Waals surface area contributed by atoms with E-state index in [-0.39, 0.29) is 0 Å². The molecule has 19 heavy (non-hydrogen) atoms. The quantitative estimate of drug-likeness (QED) is 0.882. The zero-order valence-electron chi connectivity index (χ0n) is 11.0. The van der Waals surface area contributed by atoms with Gasteiger partial charge in [-0.15, -0.1) is 0 Å². The molecule has 98 valence electrons. The van der Waals surface area contributed by atoms with E-state index < -0.39 is 5.97 Å². The van der Waals surface area contributed by atoms with E-state index in [2.05, 4.69) is 10.3 Å². The number of rotatable bonds is 4. The maximum Gasteiger partial charge on any atom is 0.337 e. The molecule has 2 rings (SSSR count). The molecule has 0 radical (unpaired) electrons. The van der Waals surface area contributed by atoms with Gasteiger partial charge in [0.15, 0.2) is 0 Å². The fraction of sp³-hybridized carbons (Fsp3) is 0.200. The summed E-state index contributed by atoms with van der Waals surface area (Å²) in [4.78, 5) is 15.4. The summed E-state index contributed by atoms with van der Waals surface area (Å²) in [6.07, 6.45) is 1.79. The van der Waals surface area contributed by atoms with Crippen molar-refractivity contribution in [2.24, 2.45) is 0 Å². The third-order valence-electron chi connectivity index (χ3n) is 2.86. The SMILES string of the molecule is Cc1ccc(NCc2ccc(C)nc2)c(C(=O)O)c1. The molecule has 0 aliphatic carbocycles. The molecular weight excluding hydrogens is 240 g/mol. The summed E-state index contributed by atoms with van der Waals surface area (Å²) in [5.41, 5.74) is 3.83. The van der Waals surface area contributed by atoms with Gasteiger partial charge in [0.25, 0.3) is 0 Å². The van der Waals surface area contributed by atoms with Crippen LogP contribution in [-0.4, -0.2) is 16.1 Å². The van der Waals surface area contributed by atoms with Gasteiger partial charge in [0, 0.05) is 24.1 Å². The van der Waals surface area contributed by atoms with Crippen molar-refractivity contribution >= 4 is 11.7 Å². The van der Waals surface area contributed by atoms with E-state index in [1.165, 1.54) is 0 Å². The van der Waals surface area contributed by atoms with Crippen molar-refractivity contribution in [1.82, 2.24) is 4.98 Å². The molecule has 0 aliphatic heterocycles. The molecule has 4 nitrogen and oxygen atoms in total. The minimum Gasteiger partial charge on any atom is -0.478 e. The molecule has 0 aliphatic rings. The monoisotopic (exact) mass is 256 g/mol. The van der Waals surface area contributed by atoms with E-state index in [0.717, 1.165) is 16.8 Å². The number of nitrogens with one attached hydrogen (secondary N) is 1. The Kier molecular flexibility index (Phi) is 3.80. The number of carboxylic acid groups (broad SMARTS) is 1. The van der Waals surface area contributed by atoms with Gasteiger partial charge in [-0.05, 0) is 37.6 Å². The van der Waals surface area contributed by atoms with Crippen LogP contribution in [0.3, 0.4) is 0 Å². The van der Waals surface area contributed by atoms with Gasteiger partial charge in [-0.25, -0.2) is 4.79 Å². The highest BCUT2D eigenvalue weighted by Crippen LogP contribution is 2.18. The van der Waals surface area contributed by atoms with Crippen molar-refractivity contribution < 1.29 is 9.90 Å². The van der Waals surface area contributed by atoms with E-state index in [1.807, 2.05) is 32.0 Å². The molecule has 0 atom stereocenters. The highest BCUT2D eigenvalue weighted by molar-refractivity contribution is 5.94. The van der Waals surface area contributed by atoms with Crippen molar-refractivity contribution in [3.63, 3.8) is 0 Å². The summed E-state index contributed by atoms with van der Waals surface area (Å²) in [6, 6.07) is 9.26. The van der Waals surface area contributed by atoms with Gasteiger partial charge in [0.2, 0.25) is 0 Å². The summed E-state index contributed by atoms with van der Waals surface area (Å²) < 4.78 is 0. The molecule has 0 fully saturated rings. The molecule has 0 saturated carbocycles. The van der Waals surface area contributed by atoms with Gasteiger partial charge in [-0.2, -0.15) is 0 Å². The average molecular weight is 256 g/mol. The van der Waals surface area contributed by atoms with Crippen LogP contribution < -0.4 is 5.32 Å². The molecular formula is C15H16N2O2. The minimum atomic E-state index is -0.923. The normalized spacial score (nSPS) is 10.2. The molecule has 4 heteroatoms. The zero-order chi connectivity index (χ0) is 13.8. The standard InChI is InChI=1S/C15H16N2O2/c1-10-3-6-14(13(7-10)15(18)19)17-9-12-5-4-11(2)16-8-12/h3-8,17H,9H2,1-2H3,(H,18,19). The topological polar surface area (TPSA) is 62.2 Å². The van der Waals surface area contributed by atoms with Crippen LogP contribution in [0.2, 0.25) is 0 Å². The van der Waals surface area contributed by atoms with Crippen LogP contribution in [0.15, 0.2) is 36.5 Å². The number of anilines is 1. The Morgan fingerprint density at radius 2 is 2.05 bits per heavy atom. The number of pyridine rings is 1. The maximum absolute atomic E-state index is 11.2. The molecule has 0 spiro atoms. The van der Waals surface area contributed by atoms with Crippen LogP contribution in [0.5, 0.6) is 0 Å². The lowest BCUT2D eigenvalue weighted by molar-refractivity contribution is 0.0698. The van der Waals surface area contributed by atoms with Crippen LogP contribution in [0, 0.1) is 13.8 Å². The van der Waals surface area contributed by atoms with E-state index in [0.29, 0.717) is 17.8 Å². The van der Waals surface area contributed by atoms with Crippen molar-refractivity contribution in [2.45, 2.75) is 20.4 Å². The lowest BCUT2D eigenvalue weighted by atomic mass is 10.1. The van der Waals surface area contributed by atoms with Gasteiger partial charge >= 0.3 is 5.97 Å². The number of aromatic nitrogens is 1. The number of benzene rings is 1. The molecule has 0 unspecified atom stereocenters. The van der Waals surface area contributed by atoms with Crippen molar-refractivity contribution in [2.75, 3.05) is 5.32 Å². The Labute approximate surface area is 112 Å². The molecule has 2 N–H and O–H groups in total. The Morgan fingerprint density at radius 3 is 2.68 bits per heavy atom. The number of nitrogens with zero attached hydrogens (tertiary/aromatic N) is 1. The predicted octanol–water partition coefficient (Wildman–Crippen LogP) is 3.01. The Bertz CT molecular complexity index is 592. The molecule has 1 aromatic carbocycles. The predicted molar refractivity (Wildman–Crippen MR) is 74.4 cm³/mol. The van der Waals surface area contributed by atoms with Crippen LogP contribution in [0.1, 0.15) is 27.2 Å². The maximum atomic E-state index is 11.2. The molecule has 0 bridgehead atoms. The Hall–Kier alpha value is -2.36. The Morgan fingerprint density at radius 1 is 1.26 bits per heavy atom. The number of hydrogen-bond acceptors (Lipinski definition) is 3. The number of aromatic carboxylic acids is 1. The van der Waals surface area contributed by atoms with Crippen LogP contribution in [0.25, 0.3) is 0 Å². The van der Waals surface area contributed by atoms with Crippen molar-refractivity contribution in [1.29, 1.82) is 0 Å². The minimum absolute atomic E-state index is 0.292. The summed E-state index contributed by atoms with van der Waals surface area (Å²) >= 11 is 0. The van der Waals surface area contributed by atoms with E-state index in [1.54, 1.807) is 18.3 Å². The number of carbonyl (C=O) groups is 1. The first kappa shape index (κ1) is 13.1. The largest absolute Gasteiger partial charge is 0.478 e. The highest BCUT2D eigenvalue weighted by atomic mass is 16.4. The van der Waals surface area contributed by atoms with Gasteiger partial charge in [-0.3, -0.25) is 4.98 Å². The number of carboxylic acids is 1. The first-order chi connectivity index (χ1) is 9.06. The van der Waals surface area contributed by atoms with Crippen molar-refractivity contribution in [3.05, 3.63) is 58.9 Å². The molecule has 1 heterocycles. The first-order valence-electron chi connectivity index (χ1n) is 6.05. The lowest BCUT2D eigenvalue weighted by Gasteiger charge is -2.10. The van der Waals surface area contributed by atoms with Gasteiger partial charge < -0.3 is 10.4 Å². The number of aryl methyl sites for hydroxylation is 2. The second kappa shape index (κ2) is 5.52. The zero-order valence-corrected chi connectivity index (χ0v) is 11.0. The smallest absolute Gasteiger partial charge is 0.337 e. The highest BCUT2D eigenvalue weighted by Gasteiger charge is 2.09. The fourth-order valence-electron chi connectivity index (χ4n) is 1.79. The first-order valence-corrected chi connectivity index (χ1v) is 6.05. The van der Waals surface area contributed by atoms with E-state index >= 15 is 0 Å². The second-order valence-electron chi connectivity index (χ2n) is 4.52. The number of hydrogen-bond donors (Lipinski definition) is 2. The third kappa shape index (κ3) is 3.31. The summed E-state index contributed by atoms with van der Waals surface area (Å²) in [7, 11) is 0. The molecule has 0 saturated heterocycles. The average Bonchev–Trinajstić information content (AvgIpc) is 2.39. The van der Waals surface area contributed by atoms with Gasteiger partial charge in [0.05, 0.1) is 5.56 Å². The van der Waals surface area contributed by atoms with Gasteiger partial charge in [0.1, 0.15) is 0 Å². The fourth-order valence-corrected chi connectivity index (χ4v) is 1.79. The summed E-state index contributed by atoms with van der Waals surface area (Å²) in [5, 5.41) is 12.3. The van der Waals surface area contributed by atoms with Crippen LogP contribution in [-0.2, 0) is 6.54 Å². The second-order valence-corrected chi connectivity index (χ2v) is 4.52. The van der Waals surface area contributed by atoms with E-state index in [4.69, 9.17) is 0 Å². The van der Waals surface area contributed by atoms with Crippen LogP contribution >= 0.6 is 0 Å². The Balaban J connectivity index is 2.15. The van der Waals surface area contributed by atoms with Crippen LogP contribution in [0.4, 0.5) is 5.69 Å².